The van der Waals surface area contributed by atoms with E-state index in [4.69, 9.17) is 9.72 Å². The molecule has 2 heterocycles. The Morgan fingerprint density at radius 2 is 2.00 bits per heavy atom. The maximum absolute atomic E-state index is 11.6. The van der Waals surface area contributed by atoms with Gasteiger partial charge < -0.3 is 9.64 Å². The Kier molecular flexibility index (Phi) is 3.78. The predicted octanol–water partition coefficient (Wildman–Crippen LogP) is 2.93. The van der Waals surface area contributed by atoms with Crippen molar-refractivity contribution in [3.8, 4) is 0 Å². The lowest BCUT2D eigenvalue weighted by atomic mass is 9.97. The van der Waals surface area contributed by atoms with Crippen molar-refractivity contribution in [2.75, 3.05) is 25.1 Å². The van der Waals surface area contributed by atoms with Crippen LogP contribution in [0.15, 0.2) is 30.3 Å². The molecule has 0 saturated carbocycles. The maximum Gasteiger partial charge on any atom is 0.308 e. The summed E-state index contributed by atoms with van der Waals surface area (Å²) < 4.78 is 4.83. The molecule has 1 aromatic heterocycles. The first-order valence-electron chi connectivity index (χ1n) is 7.38. The third-order valence-electron chi connectivity index (χ3n) is 4.26. The molecule has 0 N–H and O–H groups in total. The molecule has 21 heavy (non-hydrogen) atoms. The number of nitrogens with zero attached hydrogens (tertiary/aromatic N) is 2. The number of carbonyl (C=O) groups excluding carboxylic acids is 1. The summed E-state index contributed by atoms with van der Waals surface area (Å²) in [5, 5.41) is 1.20. The molecule has 1 aromatic carbocycles. The minimum absolute atomic E-state index is 0.0350. The number of ether oxygens (including phenoxy) is 1. The molecule has 0 unspecified atom stereocenters. The van der Waals surface area contributed by atoms with Crippen LogP contribution in [0.3, 0.4) is 0 Å². The van der Waals surface area contributed by atoms with Crippen molar-refractivity contribution in [3.63, 3.8) is 0 Å². The van der Waals surface area contributed by atoms with Crippen molar-refractivity contribution in [2.45, 2.75) is 19.8 Å². The maximum atomic E-state index is 11.6. The highest BCUT2D eigenvalue weighted by molar-refractivity contribution is 5.83. The summed E-state index contributed by atoms with van der Waals surface area (Å²) >= 11 is 0. The highest BCUT2D eigenvalue weighted by Crippen LogP contribution is 2.26. The number of hydrogen-bond donors (Lipinski definition) is 0. The van der Waals surface area contributed by atoms with Gasteiger partial charge in [0.05, 0.1) is 18.5 Å². The van der Waals surface area contributed by atoms with Crippen molar-refractivity contribution in [2.24, 2.45) is 5.92 Å². The van der Waals surface area contributed by atoms with Gasteiger partial charge in [-0.3, -0.25) is 4.79 Å². The smallest absolute Gasteiger partial charge is 0.308 e. The molecule has 4 nitrogen and oxygen atoms in total. The Labute approximate surface area is 124 Å². The second kappa shape index (κ2) is 5.72. The number of rotatable bonds is 2. The van der Waals surface area contributed by atoms with Gasteiger partial charge in [0.25, 0.3) is 0 Å². The van der Waals surface area contributed by atoms with Gasteiger partial charge in [-0.05, 0) is 37.5 Å². The minimum atomic E-state index is -0.0858. The molecule has 110 valence electrons. The number of piperidine rings is 1. The average Bonchev–Trinajstić information content (AvgIpc) is 2.54. The van der Waals surface area contributed by atoms with Crippen LogP contribution in [0.25, 0.3) is 10.9 Å². The Hall–Kier alpha value is -2.10. The van der Waals surface area contributed by atoms with Gasteiger partial charge >= 0.3 is 5.97 Å². The standard InChI is InChI=1S/C17H20N2O2/c1-12-11-16(18-15-6-4-3-5-14(12)15)19-9-7-13(8-10-19)17(20)21-2/h3-6,11,13H,7-10H2,1-2H3. The molecule has 0 radical (unpaired) electrons. The van der Waals surface area contributed by atoms with Crippen molar-refractivity contribution < 1.29 is 9.53 Å². The van der Waals surface area contributed by atoms with E-state index in [1.807, 2.05) is 18.2 Å². The van der Waals surface area contributed by atoms with Crippen LogP contribution in [0.1, 0.15) is 18.4 Å². The van der Waals surface area contributed by atoms with Crippen LogP contribution in [0, 0.1) is 12.8 Å². The monoisotopic (exact) mass is 284 g/mol. The summed E-state index contributed by atoms with van der Waals surface area (Å²) in [5.41, 5.74) is 2.27. The summed E-state index contributed by atoms with van der Waals surface area (Å²) in [5.74, 6) is 0.958. The van der Waals surface area contributed by atoms with Crippen LogP contribution < -0.4 is 4.90 Å². The highest BCUT2D eigenvalue weighted by atomic mass is 16.5. The first-order chi connectivity index (χ1) is 10.2. The molecular weight excluding hydrogens is 264 g/mol. The second-order valence-electron chi connectivity index (χ2n) is 5.60. The number of pyridine rings is 1. The topological polar surface area (TPSA) is 42.4 Å². The number of aromatic nitrogens is 1. The van der Waals surface area contributed by atoms with Crippen LogP contribution in [-0.4, -0.2) is 31.2 Å². The molecule has 3 rings (SSSR count). The molecular formula is C17H20N2O2. The number of fused-ring (bicyclic) bond motifs is 1. The van der Waals surface area contributed by atoms with Gasteiger partial charge in [-0.2, -0.15) is 0 Å². The summed E-state index contributed by atoms with van der Waals surface area (Å²) in [6.45, 7) is 3.82. The predicted molar refractivity (Wildman–Crippen MR) is 83.4 cm³/mol. The van der Waals surface area contributed by atoms with Crippen molar-refractivity contribution in [1.82, 2.24) is 4.98 Å². The van der Waals surface area contributed by atoms with E-state index in [0.717, 1.165) is 37.3 Å². The molecule has 1 saturated heterocycles. The zero-order valence-corrected chi connectivity index (χ0v) is 12.5. The molecule has 1 aliphatic rings. The molecule has 4 heteroatoms. The molecule has 0 aliphatic carbocycles. The van der Waals surface area contributed by atoms with Gasteiger partial charge in [0.15, 0.2) is 0 Å². The van der Waals surface area contributed by atoms with Crippen molar-refractivity contribution in [1.29, 1.82) is 0 Å². The van der Waals surface area contributed by atoms with Crippen LogP contribution in [0.5, 0.6) is 0 Å². The molecule has 0 spiro atoms. The zero-order chi connectivity index (χ0) is 14.8. The summed E-state index contributed by atoms with van der Waals surface area (Å²) in [6.07, 6.45) is 1.67. The van der Waals surface area contributed by atoms with E-state index in [0.29, 0.717) is 0 Å². The van der Waals surface area contributed by atoms with Gasteiger partial charge in [-0.1, -0.05) is 18.2 Å². The van der Waals surface area contributed by atoms with E-state index in [1.165, 1.54) is 18.1 Å². The van der Waals surface area contributed by atoms with Gasteiger partial charge in [-0.25, -0.2) is 4.98 Å². The summed E-state index contributed by atoms with van der Waals surface area (Å²) in [6, 6.07) is 10.3. The van der Waals surface area contributed by atoms with Crippen LogP contribution >= 0.6 is 0 Å². The van der Waals surface area contributed by atoms with Crippen LogP contribution in [0.2, 0.25) is 0 Å². The van der Waals surface area contributed by atoms with E-state index in [1.54, 1.807) is 0 Å². The first-order valence-corrected chi connectivity index (χ1v) is 7.38. The van der Waals surface area contributed by atoms with Crippen molar-refractivity contribution in [3.05, 3.63) is 35.9 Å². The number of hydrogen-bond acceptors (Lipinski definition) is 4. The van der Waals surface area contributed by atoms with Crippen LogP contribution in [-0.2, 0) is 9.53 Å². The molecule has 0 amide bonds. The lowest BCUT2D eigenvalue weighted by Crippen LogP contribution is -2.37. The number of esters is 1. The summed E-state index contributed by atoms with van der Waals surface area (Å²) in [4.78, 5) is 18.6. The number of methoxy groups -OCH3 is 1. The Morgan fingerprint density at radius 1 is 1.29 bits per heavy atom. The van der Waals surface area contributed by atoms with Crippen LogP contribution in [0.4, 0.5) is 5.82 Å². The fourth-order valence-electron chi connectivity index (χ4n) is 3.00. The SMILES string of the molecule is COC(=O)C1CCN(c2cc(C)c3ccccc3n2)CC1. The van der Waals surface area contributed by atoms with Gasteiger partial charge in [0.2, 0.25) is 0 Å². The molecule has 2 aromatic rings. The molecule has 0 atom stereocenters. The third kappa shape index (κ3) is 2.71. The summed E-state index contributed by atoms with van der Waals surface area (Å²) in [7, 11) is 1.46. The quantitative estimate of drug-likeness (QED) is 0.795. The fourth-order valence-corrected chi connectivity index (χ4v) is 3.00. The minimum Gasteiger partial charge on any atom is -0.469 e. The van der Waals surface area contributed by atoms with Gasteiger partial charge in [-0.15, -0.1) is 0 Å². The van der Waals surface area contributed by atoms with E-state index in [-0.39, 0.29) is 11.9 Å². The van der Waals surface area contributed by atoms with Gasteiger partial charge in [0, 0.05) is 18.5 Å². The number of anilines is 1. The first kappa shape index (κ1) is 13.9. The zero-order valence-electron chi connectivity index (χ0n) is 12.5. The van der Waals surface area contributed by atoms with E-state index in [9.17, 15) is 4.79 Å². The number of benzene rings is 1. The highest BCUT2D eigenvalue weighted by Gasteiger charge is 2.26. The largest absolute Gasteiger partial charge is 0.469 e. The molecule has 1 fully saturated rings. The average molecular weight is 284 g/mol. The van der Waals surface area contributed by atoms with E-state index in [2.05, 4.69) is 24.0 Å². The Morgan fingerprint density at radius 3 is 2.71 bits per heavy atom. The molecule has 0 bridgehead atoms. The van der Waals surface area contributed by atoms with E-state index < -0.39 is 0 Å². The number of para-hydroxylation sites is 1. The molecule has 1 aliphatic heterocycles. The van der Waals surface area contributed by atoms with Crippen molar-refractivity contribution >= 4 is 22.7 Å². The number of aryl methyl sites for hydroxylation is 1. The Bertz CT molecular complexity index is 661. The lowest BCUT2D eigenvalue weighted by molar-refractivity contribution is -0.146. The third-order valence-corrected chi connectivity index (χ3v) is 4.26. The lowest BCUT2D eigenvalue weighted by Gasteiger charge is -2.31. The normalized spacial score (nSPS) is 16.2. The Balaban J connectivity index is 1.81. The van der Waals surface area contributed by atoms with Gasteiger partial charge in [0.1, 0.15) is 5.82 Å². The second-order valence-corrected chi connectivity index (χ2v) is 5.60. The van der Waals surface area contributed by atoms with E-state index >= 15 is 0 Å². The fraction of sp³-hybridized carbons (Fsp3) is 0.412. The number of carbonyl (C=O) groups is 1.